The second-order valence-corrected chi connectivity index (χ2v) is 7.68. The van der Waals surface area contributed by atoms with Gasteiger partial charge in [0.05, 0.1) is 39.8 Å². The zero-order chi connectivity index (χ0) is 22.6. The number of carbonyl (C=O) groups excluding carboxylic acids is 1. The lowest BCUT2D eigenvalue weighted by Gasteiger charge is -2.26. The van der Waals surface area contributed by atoms with Gasteiger partial charge in [0.1, 0.15) is 0 Å². The average molecular weight is 466 g/mol. The summed E-state index contributed by atoms with van der Waals surface area (Å²) in [6.07, 6.45) is 1.64. The maximum absolute atomic E-state index is 12.3. The van der Waals surface area contributed by atoms with Crippen molar-refractivity contribution < 1.29 is 23.7 Å². The molecule has 32 heavy (non-hydrogen) atoms. The summed E-state index contributed by atoms with van der Waals surface area (Å²) in [4.78, 5) is 16.3. The number of methoxy groups -OCH3 is 1. The molecule has 2 aliphatic rings. The smallest absolute Gasteiger partial charge is 0.260 e. The van der Waals surface area contributed by atoms with Gasteiger partial charge in [-0.1, -0.05) is 0 Å². The molecule has 0 saturated carbocycles. The first-order chi connectivity index (χ1) is 15.7. The Hall–Kier alpha value is -2.47. The Labute approximate surface area is 193 Å². The van der Waals surface area contributed by atoms with Crippen LogP contribution < -0.4 is 20.2 Å². The van der Waals surface area contributed by atoms with Crippen LogP contribution in [0, 0.1) is 0 Å². The minimum Gasteiger partial charge on any atom is -0.493 e. The van der Waals surface area contributed by atoms with Crippen molar-refractivity contribution in [2.45, 2.75) is 0 Å². The first-order valence-corrected chi connectivity index (χ1v) is 11.1. The summed E-state index contributed by atoms with van der Waals surface area (Å²) in [5.74, 6) is 0.953. The molecule has 0 aromatic heterocycles. The van der Waals surface area contributed by atoms with Gasteiger partial charge >= 0.3 is 0 Å². The van der Waals surface area contributed by atoms with E-state index in [4.69, 9.17) is 31.2 Å². The molecule has 0 atom stereocenters. The number of morpholine rings is 2. The maximum Gasteiger partial charge on any atom is 0.260 e. The van der Waals surface area contributed by atoms with Crippen LogP contribution in [0.2, 0.25) is 0 Å². The lowest BCUT2D eigenvalue weighted by Crippen LogP contribution is -2.43. The monoisotopic (exact) mass is 465 g/mol. The quantitative estimate of drug-likeness (QED) is 0.298. The number of nitrogens with zero attached hydrogens (tertiary/aromatic N) is 3. The molecule has 2 fully saturated rings. The van der Waals surface area contributed by atoms with Gasteiger partial charge in [0.2, 0.25) is 0 Å². The summed E-state index contributed by atoms with van der Waals surface area (Å²) in [5.41, 5.74) is 3.61. The Kier molecular flexibility index (Phi) is 9.95. The highest BCUT2D eigenvalue weighted by molar-refractivity contribution is 7.80. The van der Waals surface area contributed by atoms with E-state index >= 15 is 0 Å². The van der Waals surface area contributed by atoms with E-state index in [0.717, 1.165) is 45.0 Å². The minimum absolute atomic E-state index is 0.0459. The van der Waals surface area contributed by atoms with Gasteiger partial charge in [-0.3, -0.25) is 15.1 Å². The van der Waals surface area contributed by atoms with E-state index in [-0.39, 0.29) is 12.5 Å². The fourth-order valence-corrected chi connectivity index (χ4v) is 3.44. The number of hydrogen-bond acceptors (Lipinski definition) is 8. The van der Waals surface area contributed by atoms with E-state index in [2.05, 4.69) is 20.7 Å². The van der Waals surface area contributed by atoms with Crippen LogP contribution in [0.1, 0.15) is 5.56 Å². The molecule has 176 valence electrons. The van der Waals surface area contributed by atoms with E-state index in [1.807, 2.05) is 6.07 Å². The number of benzene rings is 1. The van der Waals surface area contributed by atoms with Crippen molar-refractivity contribution in [2.75, 3.05) is 79.4 Å². The van der Waals surface area contributed by atoms with Crippen LogP contribution in [0.25, 0.3) is 0 Å². The summed E-state index contributed by atoms with van der Waals surface area (Å²) in [6, 6.07) is 5.37. The third-order valence-electron chi connectivity index (χ3n) is 5.10. The van der Waals surface area contributed by atoms with E-state index in [0.29, 0.717) is 42.9 Å². The van der Waals surface area contributed by atoms with Crippen LogP contribution in [-0.4, -0.2) is 106 Å². The molecule has 3 rings (SSSR count). The topological polar surface area (TPSA) is 96.9 Å². The molecule has 0 bridgehead atoms. The van der Waals surface area contributed by atoms with Crippen molar-refractivity contribution in [1.82, 2.24) is 20.5 Å². The minimum atomic E-state index is -0.0696. The summed E-state index contributed by atoms with van der Waals surface area (Å²) in [5, 5.41) is 7.77. The fourth-order valence-electron chi connectivity index (χ4n) is 3.28. The number of rotatable bonds is 9. The Morgan fingerprint density at radius 1 is 1.16 bits per heavy atom. The predicted molar refractivity (Wildman–Crippen MR) is 124 cm³/mol. The van der Waals surface area contributed by atoms with Gasteiger partial charge in [-0.25, -0.2) is 0 Å². The molecule has 2 aliphatic heterocycles. The Bertz CT molecular complexity index is 782. The summed E-state index contributed by atoms with van der Waals surface area (Å²) in [6.45, 7) is 7.35. The third kappa shape index (κ3) is 7.90. The average Bonchev–Trinajstić information content (AvgIpc) is 2.84. The van der Waals surface area contributed by atoms with E-state index in [1.54, 1.807) is 30.4 Å². The van der Waals surface area contributed by atoms with Crippen LogP contribution in [0.3, 0.4) is 0 Å². The lowest BCUT2D eigenvalue weighted by molar-refractivity contribution is -0.137. The maximum atomic E-state index is 12.3. The zero-order valence-corrected chi connectivity index (χ0v) is 19.2. The van der Waals surface area contributed by atoms with Crippen molar-refractivity contribution >= 4 is 29.5 Å². The van der Waals surface area contributed by atoms with Gasteiger partial charge in [0, 0.05) is 39.3 Å². The molecule has 1 aromatic carbocycles. The molecule has 2 N–H and O–H groups in total. The van der Waals surface area contributed by atoms with Crippen LogP contribution in [0.4, 0.5) is 0 Å². The molecular formula is C21H31N5O5S. The Balaban J connectivity index is 1.41. The molecule has 0 unspecified atom stereocenters. The summed E-state index contributed by atoms with van der Waals surface area (Å²) >= 11 is 5.25. The van der Waals surface area contributed by atoms with E-state index < -0.39 is 0 Å². The molecule has 10 nitrogen and oxygen atoms in total. The summed E-state index contributed by atoms with van der Waals surface area (Å²) in [7, 11) is 1.55. The fraction of sp³-hybridized carbons (Fsp3) is 0.571. The van der Waals surface area contributed by atoms with Gasteiger partial charge in [-0.05, 0) is 36.0 Å². The van der Waals surface area contributed by atoms with Crippen molar-refractivity contribution in [2.24, 2.45) is 5.10 Å². The van der Waals surface area contributed by atoms with Gasteiger partial charge in [0.15, 0.2) is 23.2 Å². The standard InChI is InChI=1S/C21H31N5O5S/c1-28-19-14-17(2-3-18(19)31-16-20(27)26-8-12-30-13-9-26)15-23-24-21(32)22-4-5-25-6-10-29-11-7-25/h2-3,14-15H,4-13,16H2,1H3,(H2,22,24,32)/b23-15+. The molecular weight excluding hydrogens is 434 g/mol. The van der Waals surface area contributed by atoms with Crippen LogP contribution in [0.15, 0.2) is 23.3 Å². The first kappa shape index (κ1) is 24.2. The highest BCUT2D eigenvalue weighted by Gasteiger charge is 2.18. The van der Waals surface area contributed by atoms with Crippen molar-refractivity contribution in [1.29, 1.82) is 0 Å². The van der Waals surface area contributed by atoms with Gasteiger partial charge in [-0.2, -0.15) is 5.10 Å². The first-order valence-electron chi connectivity index (χ1n) is 10.7. The van der Waals surface area contributed by atoms with E-state index in [9.17, 15) is 4.79 Å². The zero-order valence-electron chi connectivity index (χ0n) is 18.4. The second kappa shape index (κ2) is 13.2. The number of ether oxygens (including phenoxy) is 4. The molecule has 1 amide bonds. The highest BCUT2D eigenvalue weighted by atomic mass is 32.1. The molecule has 2 saturated heterocycles. The molecule has 0 aliphatic carbocycles. The van der Waals surface area contributed by atoms with Crippen molar-refractivity contribution in [3.8, 4) is 11.5 Å². The number of thiocarbonyl (C=S) groups is 1. The number of amides is 1. The normalized spacial score (nSPS) is 17.2. The van der Waals surface area contributed by atoms with Gasteiger partial charge in [0.25, 0.3) is 5.91 Å². The molecule has 2 heterocycles. The highest BCUT2D eigenvalue weighted by Crippen LogP contribution is 2.27. The van der Waals surface area contributed by atoms with E-state index in [1.165, 1.54) is 0 Å². The molecule has 0 radical (unpaired) electrons. The van der Waals surface area contributed by atoms with Crippen LogP contribution in [-0.2, 0) is 14.3 Å². The Morgan fingerprint density at radius 3 is 2.59 bits per heavy atom. The lowest BCUT2D eigenvalue weighted by atomic mass is 10.2. The van der Waals surface area contributed by atoms with Crippen LogP contribution >= 0.6 is 12.2 Å². The van der Waals surface area contributed by atoms with Crippen molar-refractivity contribution in [3.63, 3.8) is 0 Å². The molecule has 0 spiro atoms. The Morgan fingerprint density at radius 2 is 1.88 bits per heavy atom. The number of carbonyl (C=O) groups is 1. The molecule has 1 aromatic rings. The third-order valence-corrected chi connectivity index (χ3v) is 5.34. The largest absolute Gasteiger partial charge is 0.493 e. The number of hydrazone groups is 1. The SMILES string of the molecule is COc1cc(/C=N/NC(=S)NCCN2CCOCC2)ccc1OCC(=O)N1CCOCC1. The number of nitrogens with one attached hydrogen (secondary N) is 2. The second-order valence-electron chi connectivity index (χ2n) is 7.27. The van der Waals surface area contributed by atoms with Crippen molar-refractivity contribution in [3.05, 3.63) is 23.8 Å². The van der Waals surface area contributed by atoms with Gasteiger partial charge in [-0.15, -0.1) is 0 Å². The number of hydrogen-bond donors (Lipinski definition) is 2. The van der Waals surface area contributed by atoms with Gasteiger partial charge < -0.3 is 29.2 Å². The van der Waals surface area contributed by atoms with Crippen LogP contribution in [0.5, 0.6) is 11.5 Å². The molecule has 11 heteroatoms. The predicted octanol–water partition coefficient (Wildman–Crippen LogP) is 0.0630. The summed E-state index contributed by atoms with van der Waals surface area (Å²) < 4.78 is 21.7.